The molecule has 2 rings (SSSR count). The number of hydrogen-bond acceptors (Lipinski definition) is 1. The molecule has 1 aliphatic rings. The van der Waals surface area contributed by atoms with E-state index in [4.69, 9.17) is 0 Å². The van der Waals surface area contributed by atoms with Crippen molar-refractivity contribution in [2.75, 3.05) is 13.1 Å². The van der Waals surface area contributed by atoms with Crippen molar-refractivity contribution >= 4 is 0 Å². The van der Waals surface area contributed by atoms with Crippen LogP contribution in [0, 0.1) is 11.3 Å². The van der Waals surface area contributed by atoms with E-state index >= 15 is 0 Å². The van der Waals surface area contributed by atoms with Crippen molar-refractivity contribution < 1.29 is 0 Å². The van der Waals surface area contributed by atoms with Crippen molar-refractivity contribution in [3.8, 4) is 0 Å². The minimum absolute atomic E-state index is 0.487. The molecule has 0 spiro atoms. The maximum Gasteiger partial charge on any atom is -0.00122 e. The lowest BCUT2D eigenvalue weighted by Gasteiger charge is -2.39. The average Bonchev–Trinajstić information content (AvgIpc) is 2.23. The fourth-order valence-corrected chi connectivity index (χ4v) is 2.41. The van der Waals surface area contributed by atoms with Crippen LogP contribution >= 0.6 is 0 Å². The van der Waals surface area contributed by atoms with E-state index in [9.17, 15) is 0 Å². The van der Waals surface area contributed by atoms with Crippen LogP contribution in [0.2, 0.25) is 0 Å². The van der Waals surface area contributed by atoms with Gasteiger partial charge in [0.05, 0.1) is 0 Å². The summed E-state index contributed by atoms with van der Waals surface area (Å²) in [4.78, 5) is 0. The summed E-state index contributed by atoms with van der Waals surface area (Å²) in [5, 5.41) is 3.51. The Morgan fingerprint density at radius 1 is 1.27 bits per heavy atom. The predicted octanol–water partition coefficient (Wildman–Crippen LogP) is 2.86. The zero-order valence-corrected chi connectivity index (χ0v) is 9.79. The second-order valence-electron chi connectivity index (χ2n) is 5.33. The number of hydrogen-bond donors (Lipinski definition) is 1. The Morgan fingerprint density at radius 3 is 2.67 bits per heavy atom. The Morgan fingerprint density at radius 2 is 2.00 bits per heavy atom. The van der Waals surface area contributed by atoms with Crippen LogP contribution in [0.1, 0.15) is 25.8 Å². The summed E-state index contributed by atoms with van der Waals surface area (Å²) in [5.41, 5.74) is 1.96. The van der Waals surface area contributed by atoms with Crippen LogP contribution in [0.3, 0.4) is 0 Å². The molecule has 1 aromatic carbocycles. The molecule has 0 amide bonds. The molecule has 1 nitrogen and oxygen atoms in total. The molecule has 1 heteroatoms. The average molecular weight is 203 g/mol. The Hall–Kier alpha value is -0.820. The van der Waals surface area contributed by atoms with Crippen LogP contribution in [0.15, 0.2) is 30.3 Å². The molecule has 82 valence electrons. The molecule has 0 aliphatic carbocycles. The first-order valence-corrected chi connectivity index (χ1v) is 5.93. The van der Waals surface area contributed by atoms with Gasteiger partial charge in [-0.25, -0.2) is 0 Å². The zero-order valence-electron chi connectivity index (χ0n) is 9.79. The third kappa shape index (κ3) is 2.60. The topological polar surface area (TPSA) is 12.0 Å². The fraction of sp³-hybridized carbons (Fsp3) is 0.571. The quantitative estimate of drug-likeness (QED) is 0.779. The summed E-state index contributed by atoms with van der Waals surface area (Å²) in [6, 6.07) is 10.8. The van der Waals surface area contributed by atoms with Crippen molar-refractivity contribution in [1.82, 2.24) is 5.32 Å². The van der Waals surface area contributed by atoms with Gasteiger partial charge >= 0.3 is 0 Å². The van der Waals surface area contributed by atoms with Gasteiger partial charge in [0.1, 0.15) is 0 Å². The molecular formula is C14H21N. The molecule has 1 aromatic rings. The summed E-state index contributed by atoms with van der Waals surface area (Å²) >= 11 is 0. The standard InChI is InChI=1S/C14H21N/c1-14(2)8-9-15-11-13(14)10-12-6-4-3-5-7-12/h3-7,13,15H,8-11H2,1-2H3. The van der Waals surface area contributed by atoms with Gasteiger partial charge in [-0.1, -0.05) is 44.2 Å². The van der Waals surface area contributed by atoms with E-state index in [1.807, 2.05) is 0 Å². The third-order valence-corrected chi connectivity index (χ3v) is 3.77. The minimum Gasteiger partial charge on any atom is -0.316 e. The molecule has 0 radical (unpaired) electrons. The molecular weight excluding hydrogens is 182 g/mol. The van der Waals surface area contributed by atoms with Gasteiger partial charge in [0, 0.05) is 0 Å². The third-order valence-electron chi connectivity index (χ3n) is 3.77. The molecule has 1 heterocycles. The van der Waals surface area contributed by atoms with Crippen LogP contribution in [-0.4, -0.2) is 13.1 Å². The van der Waals surface area contributed by atoms with Gasteiger partial charge in [0.25, 0.3) is 0 Å². The molecule has 1 atom stereocenters. The van der Waals surface area contributed by atoms with Crippen LogP contribution in [0.25, 0.3) is 0 Å². The summed E-state index contributed by atoms with van der Waals surface area (Å²) < 4.78 is 0. The van der Waals surface area contributed by atoms with Crippen LogP contribution in [0.4, 0.5) is 0 Å². The van der Waals surface area contributed by atoms with E-state index in [0.717, 1.165) is 5.92 Å². The number of benzene rings is 1. The minimum atomic E-state index is 0.487. The monoisotopic (exact) mass is 203 g/mol. The van der Waals surface area contributed by atoms with E-state index in [1.165, 1.54) is 31.5 Å². The van der Waals surface area contributed by atoms with E-state index in [-0.39, 0.29) is 0 Å². The normalized spacial score (nSPS) is 25.1. The van der Waals surface area contributed by atoms with Gasteiger partial charge in [0.2, 0.25) is 0 Å². The van der Waals surface area contributed by atoms with Gasteiger partial charge in [-0.2, -0.15) is 0 Å². The molecule has 1 fully saturated rings. The molecule has 15 heavy (non-hydrogen) atoms. The van der Waals surface area contributed by atoms with Crippen molar-refractivity contribution in [2.45, 2.75) is 26.7 Å². The maximum atomic E-state index is 3.51. The van der Waals surface area contributed by atoms with Gasteiger partial charge < -0.3 is 5.32 Å². The van der Waals surface area contributed by atoms with Crippen LogP contribution < -0.4 is 5.32 Å². The summed E-state index contributed by atoms with van der Waals surface area (Å²) in [6.45, 7) is 7.16. The number of piperidine rings is 1. The Balaban J connectivity index is 2.05. The molecule has 0 saturated carbocycles. The molecule has 0 aromatic heterocycles. The molecule has 1 N–H and O–H groups in total. The second-order valence-corrected chi connectivity index (χ2v) is 5.33. The van der Waals surface area contributed by atoms with E-state index in [0.29, 0.717) is 5.41 Å². The first-order valence-electron chi connectivity index (χ1n) is 5.93. The highest BCUT2D eigenvalue weighted by Crippen LogP contribution is 2.34. The lowest BCUT2D eigenvalue weighted by Crippen LogP contribution is -2.42. The summed E-state index contributed by atoms with van der Waals surface area (Å²) in [5.74, 6) is 0.772. The van der Waals surface area contributed by atoms with Gasteiger partial charge in [-0.05, 0) is 42.8 Å². The Kier molecular flexibility index (Phi) is 3.11. The summed E-state index contributed by atoms with van der Waals surface area (Å²) in [6.07, 6.45) is 2.51. The predicted molar refractivity (Wildman–Crippen MR) is 64.9 cm³/mol. The first-order chi connectivity index (χ1) is 7.18. The first kappa shape index (κ1) is 10.7. The molecule has 1 unspecified atom stereocenters. The largest absolute Gasteiger partial charge is 0.316 e. The molecule has 1 aliphatic heterocycles. The number of nitrogens with one attached hydrogen (secondary N) is 1. The van der Waals surface area contributed by atoms with Crippen molar-refractivity contribution in [3.05, 3.63) is 35.9 Å². The Bertz CT molecular complexity index is 302. The van der Waals surface area contributed by atoms with Crippen LogP contribution in [0.5, 0.6) is 0 Å². The highest BCUT2D eigenvalue weighted by Gasteiger charge is 2.31. The fourth-order valence-electron chi connectivity index (χ4n) is 2.41. The van der Waals surface area contributed by atoms with Crippen LogP contribution in [-0.2, 0) is 6.42 Å². The lowest BCUT2D eigenvalue weighted by atomic mass is 9.71. The van der Waals surface area contributed by atoms with Crippen molar-refractivity contribution in [3.63, 3.8) is 0 Å². The zero-order chi connectivity index (χ0) is 10.7. The summed E-state index contributed by atoms with van der Waals surface area (Å²) in [7, 11) is 0. The second kappa shape index (κ2) is 4.36. The van der Waals surface area contributed by atoms with E-state index in [2.05, 4.69) is 49.5 Å². The highest BCUT2D eigenvalue weighted by molar-refractivity contribution is 5.16. The lowest BCUT2D eigenvalue weighted by molar-refractivity contribution is 0.153. The molecule has 1 saturated heterocycles. The van der Waals surface area contributed by atoms with Gasteiger partial charge in [-0.3, -0.25) is 0 Å². The smallest absolute Gasteiger partial charge is 0.00122 e. The van der Waals surface area contributed by atoms with E-state index < -0.39 is 0 Å². The molecule has 0 bridgehead atoms. The Labute approximate surface area is 92.9 Å². The SMILES string of the molecule is CC1(C)CCNCC1Cc1ccccc1. The van der Waals surface area contributed by atoms with Crippen molar-refractivity contribution in [1.29, 1.82) is 0 Å². The van der Waals surface area contributed by atoms with Gasteiger partial charge in [0.15, 0.2) is 0 Å². The maximum absolute atomic E-state index is 3.51. The van der Waals surface area contributed by atoms with Gasteiger partial charge in [-0.15, -0.1) is 0 Å². The van der Waals surface area contributed by atoms with Crippen molar-refractivity contribution in [2.24, 2.45) is 11.3 Å². The highest BCUT2D eigenvalue weighted by atomic mass is 14.9. The number of rotatable bonds is 2. The van der Waals surface area contributed by atoms with E-state index in [1.54, 1.807) is 0 Å².